The van der Waals surface area contributed by atoms with E-state index in [1.54, 1.807) is 19.4 Å². The molecule has 0 unspecified atom stereocenters. The lowest BCUT2D eigenvalue weighted by molar-refractivity contribution is 0.587. The molecule has 0 aliphatic carbocycles. The Bertz CT molecular complexity index is 408. The third kappa shape index (κ3) is 0.942. The Morgan fingerprint density at radius 2 is 2.25 bits per heavy atom. The first-order valence-electron chi connectivity index (χ1n) is 3.66. The number of fused-ring (bicyclic) bond motifs is 1. The summed E-state index contributed by atoms with van der Waals surface area (Å²) in [5.74, 6) is 0.352. The molecule has 1 aromatic heterocycles. The number of halogens is 1. The maximum atomic E-state index is 12.8. The van der Waals surface area contributed by atoms with E-state index in [0.29, 0.717) is 5.88 Å². The highest BCUT2D eigenvalue weighted by molar-refractivity contribution is 5.91. The quantitative estimate of drug-likeness (QED) is 0.702. The highest BCUT2D eigenvalue weighted by Gasteiger charge is 2.04. The van der Waals surface area contributed by atoms with Gasteiger partial charge in [0, 0.05) is 17.8 Å². The van der Waals surface area contributed by atoms with Crippen LogP contribution in [0, 0.1) is 5.82 Å². The Morgan fingerprint density at radius 3 is 3.00 bits per heavy atom. The summed E-state index contributed by atoms with van der Waals surface area (Å²) in [5.41, 5.74) is 0. The molecule has 0 bridgehead atoms. The van der Waals surface area contributed by atoms with Gasteiger partial charge in [0.2, 0.25) is 0 Å². The van der Waals surface area contributed by atoms with E-state index in [2.05, 4.69) is 5.32 Å². The first-order chi connectivity index (χ1) is 5.81. The summed E-state index contributed by atoms with van der Waals surface area (Å²) in [4.78, 5) is 0. The Balaban J connectivity index is 2.75. The smallest absolute Gasteiger partial charge is 0.200 e. The van der Waals surface area contributed by atoms with E-state index in [1.807, 2.05) is 0 Å². The molecule has 0 saturated heterocycles. The van der Waals surface area contributed by atoms with E-state index in [9.17, 15) is 4.39 Å². The number of hydrogen-bond donors (Lipinski definition) is 1. The molecule has 0 aliphatic heterocycles. The average Bonchev–Trinajstić information content (AvgIpc) is 2.46. The maximum Gasteiger partial charge on any atom is 0.200 e. The van der Waals surface area contributed by atoms with Crippen molar-refractivity contribution in [3.05, 3.63) is 30.3 Å². The zero-order valence-electron chi connectivity index (χ0n) is 6.60. The van der Waals surface area contributed by atoms with Gasteiger partial charge in [0.1, 0.15) is 12.1 Å². The average molecular weight is 165 g/mol. The molecule has 0 atom stereocenters. The second-order valence-corrected chi connectivity index (χ2v) is 2.55. The predicted octanol–water partition coefficient (Wildman–Crippen LogP) is 2.61. The van der Waals surface area contributed by atoms with Gasteiger partial charge in [-0.2, -0.15) is 0 Å². The van der Waals surface area contributed by atoms with E-state index < -0.39 is 0 Å². The molecule has 0 fully saturated rings. The highest BCUT2D eigenvalue weighted by atomic mass is 19.1. The summed E-state index contributed by atoms with van der Waals surface area (Å²) < 4.78 is 17.9. The van der Waals surface area contributed by atoms with Gasteiger partial charge >= 0.3 is 0 Å². The van der Waals surface area contributed by atoms with Gasteiger partial charge in [0.15, 0.2) is 5.88 Å². The summed E-state index contributed by atoms with van der Waals surface area (Å²) in [6, 6.07) is 4.55. The molecule has 0 amide bonds. The molecule has 62 valence electrons. The first kappa shape index (κ1) is 7.16. The van der Waals surface area contributed by atoms with E-state index in [1.165, 1.54) is 12.1 Å². The SMILES string of the molecule is CNc1occ2ccc(F)cc12. The maximum absolute atomic E-state index is 12.8. The summed E-state index contributed by atoms with van der Waals surface area (Å²) in [5, 5.41) is 4.52. The zero-order valence-corrected chi connectivity index (χ0v) is 6.60. The molecule has 1 heterocycles. The highest BCUT2D eigenvalue weighted by Crippen LogP contribution is 2.25. The third-order valence-corrected chi connectivity index (χ3v) is 1.79. The molecule has 3 heteroatoms. The summed E-state index contributed by atoms with van der Waals surface area (Å²) in [6.45, 7) is 0. The summed E-state index contributed by atoms with van der Waals surface area (Å²) in [7, 11) is 1.74. The number of rotatable bonds is 1. The molecule has 0 saturated carbocycles. The van der Waals surface area contributed by atoms with E-state index in [-0.39, 0.29) is 5.82 Å². The van der Waals surface area contributed by atoms with Crippen molar-refractivity contribution in [3.8, 4) is 0 Å². The van der Waals surface area contributed by atoms with Crippen LogP contribution in [0.25, 0.3) is 10.8 Å². The molecular weight excluding hydrogens is 157 g/mol. The largest absolute Gasteiger partial charge is 0.448 e. The summed E-state index contributed by atoms with van der Waals surface area (Å²) in [6.07, 6.45) is 1.60. The van der Waals surface area contributed by atoms with Gasteiger partial charge in [-0.1, -0.05) is 0 Å². The standard InChI is InChI=1S/C9H8FNO/c1-11-9-8-4-7(10)3-2-6(8)5-12-9/h2-5,11H,1H3. The molecule has 0 radical (unpaired) electrons. The monoisotopic (exact) mass is 165 g/mol. The van der Waals surface area contributed by atoms with Gasteiger partial charge in [-0.05, 0) is 18.2 Å². The van der Waals surface area contributed by atoms with Crippen LogP contribution >= 0.6 is 0 Å². The van der Waals surface area contributed by atoms with Crippen LogP contribution in [-0.4, -0.2) is 7.05 Å². The number of anilines is 1. The van der Waals surface area contributed by atoms with Crippen LogP contribution in [-0.2, 0) is 0 Å². The van der Waals surface area contributed by atoms with Gasteiger partial charge in [0.05, 0.1) is 0 Å². The van der Waals surface area contributed by atoms with Crippen molar-refractivity contribution < 1.29 is 8.81 Å². The number of benzene rings is 1. The normalized spacial score (nSPS) is 10.5. The lowest BCUT2D eigenvalue weighted by Gasteiger charge is -1.93. The number of furan rings is 1. The molecule has 0 aliphatic rings. The van der Waals surface area contributed by atoms with Crippen LogP contribution in [0.1, 0.15) is 0 Å². The number of nitrogens with one attached hydrogen (secondary N) is 1. The molecule has 0 spiro atoms. The van der Waals surface area contributed by atoms with Gasteiger partial charge < -0.3 is 9.73 Å². The predicted molar refractivity (Wildman–Crippen MR) is 45.7 cm³/mol. The van der Waals surface area contributed by atoms with Crippen molar-refractivity contribution in [2.75, 3.05) is 12.4 Å². The van der Waals surface area contributed by atoms with Crippen molar-refractivity contribution in [2.45, 2.75) is 0 Å². The fourth-order valence-corrected chi connectivity index (χ4v) is 1.21. The minimum Gasteiger partial charge on any atom is -0.448 e. The van der Waals surface area contributed by atoms with Gasteiger partial charge in [0.25, 0.3) is 0 Å². The van der Waals surface area contributed by atoms with E-state index >= 15 is 0 Å². The molecule has 2 rings (SSSR count). The van der Waals surface area contributed by atoms with Crippen LogP contribution in [0.5, 0.6) is 0 Å². The second kappa shape index (κ2) is 2.52. The van der Waals surface area contributed by atoms with Gasteiger partial charge in [-0.15, -0.1) is 0 Å². The summed E-state index contributed by atoms with van der Waals surface area (Å²) >= 11 is 0. The van der Waals surface area contributed by atoms with Crippen molar-refractivity contribution in [1.82, 2.24) is 0 Å². The van der Waals surface area contributed by atoms with Crippen molar-refractivity contribution in [2.24, 2.45) is 0 Å². The Kier molecular flexibility index (Phi) is 1.50. The molecular formula is C9H8FNO. The minimum atomic E-state index is -0.250. The molecule has 1 aromatic carbocycles. The van der Waals surface area contributed by atoms with Crippen LogP contribution in [0.3, 0.4) is 0 Å². The first-order valence-corrected chi connectivity index (χ1v) is 3.66. The lowest BCUT2D eigenvalue weighted by atomic mass is 10.2. The van der Waals surface area contributed by atoms with Gasteiger partial charge in [-0.25, -0.2) is 4.39 Å². The van der Waals surface area contributed by atoms with Crippen molar-refractivity contribution in [3.63, 3.8) is 0 Å². The Labute approximate surface area is 69.0 Å². The number of hydrogen-bond acceptors (Lipinski definition) is 2. The molecule has 1 N–H and O–H groups in total. The fraction of sp³-hybridized carbons (Fsp3) is 0.111. The fourth-order valence-electron chi connectivity index (χ4n) is 1.21. The minimum absolute atomic E-state index is 0.250. The molecule has 12 heavy (non-hydrogen) atoms. The topological polar surface area (TPSA) is 25.2 Å². The molecule has 2 aromatic rings. The van der Waals surface area contributed by atoms with E-state index in [4.69, 9.17) is 4.42 Å². The lowest BCUT2D eigenvalue weighted by Crippen LogP contribution is -1.84. The van der Waals surface area contributed by atoms with Gasteiger partial charge in [-0.3, -0.25) is 0 Å². The van der Waals surface area contributed by atoms with E-state index in [0.717, 1.165) is 10.8 Å². The second-order valence-electron chi connectivity index (χ2n) is 2.55. The van der Waals surface area contributed by atoms with Crippen LogP contribution < -0.4 is 5.32 Å². The van der Waals surface area contributed by atoms with Crippen LogP contribution in [0.4, 0.5) is 10.3 Å². The van der Waals surface area contributed by atoms with Crippen molar-refractivity contribution >= 4 is 16.7 Å². The Morgan fingerprint density at radius 1 is 1.42 bits per heavy atom. The van der Waals surface area contributed by atoms with Crippen molar-refractivity contribution in [1.29, 1.82) is 0 Å². The van der Waals surface area contributed by atoms with Crippen LogP contribution in [0.15, 0.2) is 28.9 Å². The van der Waals surface area contributed by atoms with Crippen LogP contribution in [0.2, 0.25) is 0 Å². The zero-order chi connectivity index (χ0) is 8.55. The molecule has 2 nitrogen and oxygen atoms in total. The third-order valence-electron chi connectivity index (χ3n) is 1.79. The Hall–Kier alpha value is -1.51.